The second kappa shape index (κ2) is 5.58. The van der Waals surface area contributed by atoms with E-state index < -0.39 is 18.2 Å². The van der Waals surface area contributed by atoms with Gasteiger partial charge in [0.25, 0.3) is 0 Å². The first-order chi connectivity index (χ1) is 7.56. The van der Waals surface area contributed by atoms with Gasteiger partial charge in [0.05, 0.1) is 19.6 Å². The van der Waals surface area contributed by atoms with Crippen LogP contribution in [-0.2, 0) is 9.53 Å². The van der Waals surface area contributed by atoms with Gasteiger partial charge in [-0.3, -0.25) is 9.78 Å². The summed E-state index contributed by atoms with van der Waals surface area (Å²) in [4.78, 5) is 14.8. The highest BCUT2D eigenvalue weighted by atomic mass is 16.5. The number of aliphatic hydroxyl groups is 2. The Morgan fingerprint density at radius 2 is 2.25 bits per heavy atom. The van der Waals surface area contributed by atoms with Gasteiger partial charge in [-0.2, -0.15) is 0 Å². The van der Waals surface area contributed by atoms with Gasteiger partial charge in [0, 0.05) is 18.0 Å². The fraction of sp³-hybridized carbons (Fsp3) is 0.455. The van der Waals surface area contributed by atoms with Crippen molar-refractivity contribution >= 4 is 5.97 Å². The molecular weight excluding hydrogens is 210 g/mol. The van der Waals surface area contributed by atoms with Crippen LogP contribution in [-0.4, -0.2) is 34.4 Å². The maximum Gasteiger partial charge on any atom is 0.308 e. The quantitative estimate of drug-likeness (QED) is 0.723. The topological polar surface area (TPSA) is 79.7 Å². The number of aromatic nitrogens is 1. The number of hydrogen-bond acceptors (Lipinski definition) is 5. The van der Waals surface area contributed by atoms with Crippen molar-refractivity contribution in [2.75, 3.05) is 7.11 Å². The normalized spacial score (nSPS) is 14.2. The van der Waals surface area contributed by atoms with E-state index in [4.69, 9.17) is 0 Å². The van der Waals surface area contributed by atoms with Crippen LogP contribution in [0.1, 0.15) is 23.7 Å². The predicted octanol–water partition coefficient (Wildman–Crippen LogP) is 0.347. The minimum atomic E-state index is -1.18. The monoisotopic (exact) mass is 225 g/mol. The third-order valence-corrected chi connectivity index (χ3v) is 2.37. The molecular formula is C11H15NO4. The molecule has 0 saturated carbocycles. The molecule has 1 aromatic rings. The van der Waals surface area contributed by atoms with Gasteiger partial charge in [0.2, 0.25) is 0 Å². The second-order valence-corrected chi connectivity index (χ2v) is 3.52. The fourth-order valence-corrected chi connectivity index (χ4v) is 1.36. The molecule has 0 spiro atoms. The molecule has 1 aromatic heterocycles. The summed E-state index contributed by atoms with van der Waals surface area (Å²) in [5.74, 6) is -0.562. The third-order valence-electron chi connectivity index (χ3n) is 2.37. The Labute approximate surface area is 93.7 Å². The van der Waals surface area contributed by atoms with Crippen LogP contribution in [0.25, 0.3) is 0 Å². The Hall–Kier alpha value is -1.46. The van der Waals surface area contributed by atoms with Crippen LogP contribution >= 0.6 is 0 Å². The second-order valence-electron chi connectivity index (χ2n) is 3.52. The van der Waals surface area contributed by atoms with E-state index in [1.807, 2.05) is 0 Å². The standard InChI is InChI=1S/C11H15NO4/c1-7-3-4-12-6-8(7)11(15)9(13)5-10(14)16-2/h3-4,6,9,11,13,15H,5H2,1-2H3. The third kappa shape index (κ3) is 3.01. The summed E-state index contributed by atoms with van der Waals surface area (Å²) in [7, 11) is 1.23. The Balaban J connectivity index is 2.74. The Kier molecular flexibility index (Phi) is 4.39. The van der Waals surface area contributed by atoms with Gasteiger partial charge in [-0.1, -0.05) is 0 Å². The molecule has 0 aliphatic rings. The molecule has 5 heteroatoms. The maximum atomic E-state index is 10.9. The molecule has 0 saturated heterocycles. The Morgan fingerprint density at radius 1 is 1.56 bits per heavy atom. The number of aliphatic hydroxyl groups excluding tert-OH is 2. The van der Waals surface area contributed by atoms with E-state index in [0.717, 1.165) is 5.56 Å². The SMILES string of the molecule is COC(=O)CC(O)C(O)c1cnccc1C. The number of esters is 1. The van der Waals surface area contributed by atoms with Crippen LogP contribution in [0.2, 0.25) is 0 Å². The van der Waals surface area contributed by atoms with Crippen molar-refractivity contribution < 1.29 is 19.7 Å². The summed E-state index contributed by atoms with van der Waals surface area (Å²) in [6.07, 6.45) is 0.508. The van der Waals surface area contributed by atoms with Crippen LogP contribution in [0.5, 0.6) is 0 Å². The molecule has 0 aliphatic heterocycles. The highest BCUT2D eigenvalue weighted by Gasteiger charge is 2.23. The summed E-state index contributed by atoms with van der Waals surface area (Å²) in [5, 5.41) is 19.4. The number of rotatable bonds is 4. The lowest BCUT2D eigenvalue weighted by Gasteiger charge is -2.18. The minimum absolute atomic E-state index is 0.244. The fourth-order valence-electron chi connectivity index (χ4n) is 1.36. The minimum Gasteiger partial charge on any atom is -0.469 e. The number of pyridine rings is 1. The van der Waals surface area contributed by atoms with Crippen LogP contribution in [0.15, 0.2) is 18.5 Å². The van der Waals surface area contributed by atoms with Crippen LogP contribution in [0, 0.1) is 6.92 Å². The number of aryl methyl sites for hydroxylation is 1. The van der Waals surface area contributed by atoms with E-state index in [2.05, 4.69) is 9.72 Å². The summed E-state index contributed by atoms with van der Waals surface area (Å²) in [6, 6.07) is 1.73. The van der Waals surface area contributed by atoms with E-state index in [0.29, 0.717) is 5.56 Å². The lowest BCUT2D eigenvalue weighted by atomic mass is 10.00. The maximum absolute atomic E-state index is 10.9. The molecule has 1 rings (SSSR count). The van der Waals surface area contributed by atoms with Crippen molar-refractivity contribution in [3.05, 3.63) is 29.6 Å². The van der Waals surface area contributed by atoms with Crippen molar-refractivity contribution in [3.63, 3.8) is 0 Å². The van der Waals surface area contributed by atoms with Gasteiger partial charge in [0.1, 0.15) is 6.10 Å². The molecule has 5 nitrogen and oxygen atoms in total. The van der Waals surface area contributed by atoms with E-state index in [1.165, 1.54) is 13.3 Å². The first kappa shape index (κ1) is 12.6. The zero-order chi connectivity index (χ0) is 12.1. The summed E-state index contributed by atoms with van der Waals surface area (Å²) in [5.41, 5.74) is 1.32. The highest BCUT2D eigenvalue weighted by Crippen LogP contribution is 2.21. The van der Waals surface area contributed by atoms with Crippen molar-refractivity contribution in [2.24, 2.45) is 0 Å². The summed E-state index contributed by atoms with van der Waals surface area (Å²) >= 11 is 0. The first-order valence-corrected chi connectivity index (χ1v) is 4.89. The van der Waals surface area contributed by atoms with Crippen LogP contribution in [0.4, 0.5) is 0 Å². The molecule has 88 valence electrons. The Bertz CT molecular complexity index is 367. The molecule has 0 amide bonds. The Morgan fingerprint density at radius 3 is 2.81 bits per heavy atom. The van der Waals surface area contributed by atoms with E-state index in [9.17, 15) is 15.0 Å². The van der Waals surface area contributed by atoms with Crippen molar-refractivity contribution in [1.29, 1.82) is 0 Å². The molecule has 2 unspecified atom stereocenters. The number of ether oxygens (including phenoxy) is 1. The zero-order valence-corrected chi connectivity index (χ0v) is 9.25. The lowest BCUT2D eigenvalue weighted by molar-refractivity contribution is -0.144. The lowest BCUT2D eigenvalue weighted by Crippen LogP contribution is -2.23. The van der Waals surface area contributed by atoms with Gasteiger partial charge in [-0.25, -0.2) is 0 Å². The molecule has 2 N–H and O–H groups in total. The highest BCUT2D eigenvalue weighted by molar-refractivity contribution is 5.69. The first-order valence-electron chi connectivity index (χ1n) is 4.89. The molecule has 0 aromatic carbocycles. The number of carbonyl (C=O) groups is 1. The van der Waals surface area contributed by atoms with Crippen LogP contribution in [0.3, 0.4) is 0 Å². The number of hydrogen-bond donors (Lipinski definition) is 2. The van der Waals surface area contributed by atoms with Gasteiger partial charge in [-0.05, 0) is 18.6 Å². The van der Waals surface area contributed by atoms with Crippen molar-refractivity contribution in [1.82, 2.24) is 4.98 Å². The molecule has 0 radical (unpaired) electrons. The number of carbonyl (C=O) groups excluding carboxylic acids is 1. The molecule has 0 aliphatic carbocycles. The van der Waals surface area contributed by atoms with Crippen molar-refractivity contribution in [2.45, 2.75) is 25.6 Å². The van der Waals surface area contributed by atoms with Gasteiger partial charge >= 0.3 is 5.97 Å². The van der Waals surface area contributed by atoms with Crippen LogP contribution < -0.4 is 0 Å². The predicted molar refractivity (Wildman–Crippen MR) is 56.6 cm³/mol. The summed E-state index contributed by atoms with van der Waals surface area (Å²) < 4.78 is 4.41. The average Bonchev–Trinajstić information content (AvgIpc) is 2.28. The van der Waals surface area contributed by atoms with Crippen molar-refractivity contribution in [3.8, 4) is 0 Å². The van der Waals surface area contributed by atoms with E-state index >= 15 is 0 Å². The molecule has 16 heavy (non-hydrogen) atoms. The molecule has 1 heterocycles. The number of nitrogens with zero attached hydrogens (tertiary/aromatic N) is 1. The average molecular weight is 225 g/mol. The van der Waals surface area contributed by atoms with Gasteiger partial charge in [-0.15, -0.1) is 0 Å². The molecule has 0 bridgehead atoms. The molecule has 2 atom stereocenters. The largest absolute Gasteiger partial charge is 0.469 e. The van der Waals surface area contributed by atoms with E-state index in [1.54, 1.807) is 19.2 Å². The smallest absolute Gasteiger partial charge is 0.308 e. The number of methoxy groups -OCH3 is 1. The summed E-state index contributed by atoms with van der Waals surface area (Å²) in [6.45, 7) is 1.80. The zero-order valence-electron chi connectivity index (χ0n) is 9.25. The van der Waals surface area contributed by atoms with E-state index in [-0.39, 0.29) is 6.42 Å². The van der Waals surface area contributed by atoms with Gasteiger partial charge < -0.3 is 14.9 Å². The molecule has 0 fully saturated rings. The van der Waals surface area contributed by atoms with Gasteiger partial charge in [0.15, 0.2) is 0 Å².